The number of likely N-dealkylation sites (N-methyl/N-ethyl adjacent to an activating group) is 1. The first kappa shape index (κ1) is 60.0. The average molecular weight is 902 g/mol. The Morgan fingerprint density at radius 2 is 0.918 bits per heavy atom. The van der Waals surface area contributed by atoms with Crippen LogP contribution in [0.1, 0.15) is 233 Å². The number of hydrogen-bond acceptors (Lipinski definition) is 9. The first-order chi connectivity index (χ1) is 29.7. The molecule has 0 spiro atoms. The lowest BCUT2D eigenvalue weighted by Crippen LogP contribution is -2.35. The van der Waals surface area contributed by atoms with Gasteiger partial charge in [0.05, 0.1) is 0 Å². The van der Waals surface area contributed by atoms with Crippen LogP contribution in [0.3, 0.4) is 0 Å². The molecule has 362 valence electrons. The highest BCUT2D eigenvalue weighted by Crippen LogP contribution is 2.22. The maximum atomic E-state index is 13.0. The zero-order chi connectivity index (χ0) is 45.0. The lowest BCUT2D eigenvalue weighted by Gasteiger charge is -2.28. The van der Waals surface area contributed by atoms with Gasteiger partial charge in [0.1, 0.15) is 18.8 Å². The van der Waals surface area contributed by atoms with Crippen molar-refractivity contribution < 1.29 is 29.0 Å². The fraction of sp³-hybridized carbons (Fsp3) is 0.941. The molecule has 3 atom stereocenters. The van der Waals surface area contributed by atoms with Crippen LogP contribution in [0.25, 0.3) is 0 Å². The number of thioether (sulfide) groups is 2. The lowest BCUT2D eigenvalue weighted by molar-refractivity contribution is -0.152. The third-order valence-corrected chi connectivity index (χ3v) is 14.3. The third kappa shape index (κ3) is 39.1. The van der Waals surface area contributed by atoms with Crippen LogP contribution in [-0.2, 0) is 23.9 Å². The summed E-state index contributed by atoms with van der Waals surface area (Å²) < 4.78 is 12.1. The fourth-order valence-corrected chi connectivity index (χ4v) is 9.98. The maximum absolute atomic E-state index is 13.0. The smallest absolute Gasteiger partial charge is 0.325 e. The highest BCUT2D eigenvalue weighted by atomic mass is 32.2. The molecule has 3 unspecified atom stereocenters. The van der Waals surface area contributed by atoms with Crippen molar-refractivity contribution in [1.82, 2.24) is 9.80 Å². The monoisotopic (exact) mass is 901 g/mol. The molecule has 0 radical (unpaired) electrons. The summed E-state index contributed by atoms with van der Waals surface area (Å²) in [7, 11) is 3.96. The van der Waals surface area contributed by atoms with E-state index in [1.165, 1.54) is 94.8 Å². The number of carbonyl (C=O) groups excluding carboxylic acids is 3. The van der Waals surface area contributed by atoms with Crippen LogP contribution < -0.4 is 0 Å². The predicted molar refractivity (Wildman–Crippen MR) is 266 cm³/mol. The zero-order valence-corrected chi connectivity index (χ0v) is 42.6. The Kier molecular flexibility index (Phi) is 44.9. The number of unbranched alkanes of at least 4 members (excludes halogenated alkanes) is 19. The Morgan fingerprint density at radius 1 is 0.492 bits per heavy atom. The van der Waals surface area contributed by atoms with Crippen molar-refractivity contribution in [2.75, 3.05) is 56.8 Å². The van der Waals surface area contributed by atoms with Crippen LogP contribution in [0.4, 0.5) is 0 Å². The van der Waals surface area contributed by atoms with Crippen molar-refractivity contribution in [2.45, 2.75) is 251 Å². The minimum Gasteiger partial charge on any atom is -0.461 e. The molecule has 1 amide bonds. The predicted octanol–water partition coefficient (Wildman–Crippen LogP) is 13.6. The molecule has 1 N–H and O–H groups in total. The minimum atomic E-state index is -0.290. The maximum Gasteiger partial charge on any atom is 0.325 e. The Labute approximate surface area is 386 Å². The van der Waals surface area contributed by atoms with Crippen LogP contribution in [0.5, 0.6) is 0 Å². The molecule has 0 heterocycles. The van der Waals surface area contributed by atoms with Crippen molar-refractivity contribution in [3.63, 3.8) is 0 Å². The molecular weight excluding hydrogens is 801 g/mol. The standard InChI is InChI=1S/C51H100N2O6S2/c1-7-11-15-18-19-20-28-38-50(56)58-47(44-60-41-31-16-12-8-2)35-26-21-24-33-46(52(5)39-29-30-40-54)34-25-22-27-36-48(45-61-42-32-17-13-9-3)59-51(57)43-53(6)49(55)37-23-14-10-4/h46-48,54H,7-45H2,1-6H3. The fourth-order valence-electron chi connectivity index (χ4n) is 7.84. The Balaban J connectivity index is 5.08. The summed E-state index contributed by atoms with van der Waals surface area (Å²) in [4.78, 5) is 42.4. The molecule has 0 saturated carbocycles. The van der Waals surface area contributed by atoms with E-state index in [0.29, 0.717) is 18.9 Å². The number of ether oxygens (including phenoxy) is 2. The van der Waals surface area contributed by atoms with E-state index in [-0.39, 0.29) is 43.2 Å². The first-order valence-corrected chi connectivity index (χ1v) is 28.1. The average Bonchev–Trinajstić information content (AvgIpc) is 3.24. The second-order valence-electron chi connectivity index (χ2n) is 17.9. The minimum absolute atomic E-state index is 0.00221. The van der Waals surface area contributed by atoms with Crippen molar-refractivity contribution in [2.24, 2.45) is 0 Å². The number of amides is 1. The van der Waals surface area contributed by atoms with Crippen LogP contribution in [0.15, 0.2) is 0 Å². The van der Waals surface area contributed by atoms with Gasteiger partial charge in [0.25, 0.3) is 0 Å². The molecule has 0 aromatic heterocycles. The molecular formula is C51H100N2O6S2. The van der Waals surface area contributed by atoms with Gasteiger partial charge in [0.15, 0.2) is 0 Å². The second kappa shape index (κ2) is 45.6. The van der Waals surface area contributed by atoms with Gasteiger partial charge in [-0.1, -0.05) is 143 Å². The van der Waals surface area contributed by atoms with Crippen LogP contribution in [-0.4, -0.2) is 108 Å². The van der Waals surface area contributed by atoms with Gasteiger partial charge < -0.3 is 24.4 Å². The van der Waals surface area contributed by atoms with E-state index >= 15 is 0 Å². The molecule has 10 heteroatoms. The Hall–Kier alpha value is -0.970. The van der Waals surface area contributed by atoms with E-state index in [0.717, 1.165) is 132 Å². The molecule has 0 rings (SSSR count). The van der Waals surface area contributed by atoms with Gasteiger partial charge in [0, 0.05) is 44.0 Å². The van der Waals surface area contributed by atoms with Gasteiger partial charge in [-0.25, -0.2) is 0 Å². The molecule has 0 bridgehead atoms. The largest absolute Gasteiger partial charge is 0.461 e. The summed E-state index contributed by atoms with van der Waals surface area (Å²) in [6.45, 7) is 10.1. The normalized spacial score (nSPS) is 13.0. The molecule has 8 nitrogen and oxygen atoms in total. The first-order valence-electron chi connectivity index (χ1n) is 25.8. The van der Waals surface area contributed by atoms with E-state index in [1.807, 2.05) is 23.5 Å². The number of aliphatic hydroxyl groups excluding tert-OH is 1. The van der Waals surface area contributed by atoms with Gasteiger partial charge in [0.2, 0.25) is 5.91 Å². The summed E-state index contributed by atoms with van der Waals surface area (Å²) in [5, 5.41) is 9.42. The second-order valence-corrected chi connectivity index (χ2v) is 20.2. The van der Waals surface area contributed by atoms with Crippen molar-refractivity contribution in [3.05, 3.63) is 0 Å². The molecule has 0 saturated heterocycles. The zero-order valence-electron chi connectivity index (χ0n) is 41.0. The van der Waals surface area contributed by atoms with Crippen molar-refractivity contribution >= 4 is 41.4 Å². The van der Waals surface area contributed by atoms with E-state index in [9.17, 15) is 19.5 Å². The summed E-state index contributed by atoms with van der Waals surface area (Å²) >= 11 is 3.86. The molecule has 0 fully saturated rings. The number of esters is 2. The molecule has 0 aromatic rings. The Bertz CT molecular complexity index is 991. The topological polar surface area (TPSA) is 96.4 Å². The summed E-state index contributed by atoms with van der Waals surface area (Å²) in [6, 6.07) is 0.505. The molecule has 0 aliphatic rings. The Morgan fingerprint density at radius 3 is 1.44 bits per heavy atom. The number of rotatable bonds is 47. The van der Waals surface area contributed by atoms with Gasteiger partial charge in [-0.05, 0) is 102 Å². The third-order valence-electron chi connectivity index (χ3n) is 11.9. The quantitative estimate of drug-likeness (QED) is 0.0473. The molecule has 61 heavy (non-hydrogen) atoms. The van der Waals surface area contributed by atoms with Crippen LogP contribution >= 0.6 is 23.5 Å². The number of carbonyl (C=O) groups is 3. The number of aliphatic hydroxyl groups is 1. The van der Waals surface area contributed by atoms with Gasteiger partial charge >= 0.3 is 11.9 Å². The van der Waals surface area contributed by atoms with Crippen molar-refractivity contribution in [1.29, 1.82) is 0 Å². The summed E-state index contributed by atoms with van der Waals surface area (Å²) in [5.74, 6) is 3.71. The van der Waals surface area contributed by atoms with Crippen molar-refractivity contribution in [3.8, 4) is 0 Å². The number of hydrogen-bond donors (Lipinski definition) is 1. The van der Waals surface area contributed by atoms with Crippen LogP contribution in [0.2, 0.25) is 0 Å². The highest BCUT2D eigenvalue weighted by Gasteiger charge is 2.20. The summed E-state index contributed by atoms with van der Waals surface area (Å²) in [5.41, 5.74) is 0. The highest BCUT2D eigenvalue weighted by molar-refractivity contribution is 7.99. The van der Waals surface area contributed by atoms with Crippen LogP contribution in [0, 0.1) is 0 Å². The molecule has 0 aliphatic carbocycles. The van der Waals surface area contributed by atoms with E-state index in [1.54, 1.807) is 7.05 Å². The summed E-state index contributed by atoms with van der Waals surface area (Å²) in [6.07, 6.45) is 35.0. The van der Waals surface area contributed by atoms with E-state index < -0.39 is 0 Å². The molecule has 0 aliphatic heterocycles. The van der Waals surface area contributed by atoms with E-state index in [4.69, 9.17) is 9.47 Å². The van der Waals surface area contributed by atoms with Gasteiger partial charge in [-0.15, -0.1) is 0 Å². The lowest BCUT2D eigenvalue weighted by atomic mass is 9.98. The van der Waals surface area contributed by atoms with E-state index in [2.05, 4.69) is 39.6 Å². The van der Waals surface area contributed by atoms with Gasteiger partial charge in [-0.3, -0.25) is 14.4 Å². The number of nitrogens with zero attached hydrogens (tertiary/aromatic N) is 2. The SMILES string of the molecule is CCCCCCCCCC(=O)OC(CCCCCC(CCCCCC(CSCCCCCC)OC(=O)CN(C)C(=O)CCCCC)N(C)CCCCO)CSCCCCCC. The molecule has 0 aromatic carbocycles. The van der Waals surface area contributed by atoms with Gasteiger partial charge in [-0.2, -0.15) is 23.5 Å².